The van der Waals surface area contributed by atoms with Gasteiger partial charge in [-0.05, 0) is 18.1 Å². The zero-order chi connectivity index (χ0) is 15.5. The topological polar surface area (TPSA) is 90.0 Å². The van der Waals surface area contributed by atoms with Gasteiger partial charge in [0, 0.05) is 31.9 Å². The summed E-state index contributed by atoms with van der Waals surface area (Å²) in [5, 5.41) is 4.18. The van der Waals surface area contributed by atoms with Gasteiger partial charge in [0.1, 0.15) is 0 Å². The molecule has 2 aromatic rings. The fourth-order valence-corrected chi connectivity index (χ4v) is 3.16. The average molecular weight is 308 g/mol. The Labute approximate surface area is 125 Å². The van der Waals surface area contributed by atoms with E-state index < -0.39 is 10.0 Å². The van der Waals surface area contributed by atoms with Crippen molar-refractivity contribution in [3.63, 3.8) is 0 Å². The Hall–Kier alpha value is -1.70. The molecule has 0 aliphatic heterocycles. The van der Waals surface area contributed by atoms with Gasteiger partial charge in [-0.25, -0.2) is 13.1 Å². The van der Waals surface area contributed by atoms with Gasteiger partial charge < -0.3 is 5.73 Å². The molecule has 0 unspecified atom stereocenters. The molecular formula is C14H20N4O2S. The minimum absolute atomic E-state index is 0.0445. The van der Waals surface area contributed by atoms with Crippen molar-refractivity contribution in [1.82, 2.24) is 14.5 Å². The van der Waals surface area contributed by atoms with E-state index in [-0.39, 0.29) is 12.3 Å². The van der Waals surface area contributed by atoms with E-state index in [0.29, 0.717) is 6.54 Å². The van der Waals surface area contributed by atoms with Gasteiger partial charge in [0.05, 0.1) is 11.4 Å². The van der Waals surface area contributed by atoms with Crippen LogP contribution in [0.2, 0.25) is 0 Å². The molecule has 1 heterocycles. The number of rotatable bonds is 6. The summed E-state index contributed by atoms with van der Waals surface area (Å²) in [5.74, 6) is -0.0445. The molecular weight excluding hydrogens is 288 g/mol. The van der Waals surface area contributed by atoms with Crippen LogP contribution in [0, 0.1) is 6.92 Å². The van der Waals surface area contributed by atoms with Gasteiger partial charge in [-0.1, -0.05) is 24.3 Å². The van der Waals surface area contributed by atoms with E-state index in [4.69, 9.17) is 5.73 Å². The van der Waals surface area contributed by atoms with E-state index >= 15 is 0 Å². The summed E-state index contributed by atoms with van der Waals surface area (Å²) in [6.07, 6.45) is 1.81. The molecule has 0 saturated carbocycles. The number of aromatic nitrogens is 2. The third-order valence-electron chi connectivity index (χ3n) is 3.21. The van der Waals surface area contributed by atoms with E-state index in [0.717, 1.165) is 22.4 Å². The van der Waals surface area contributed by atoms with E-state index in [1.165, 1.54) is 0 Å². The van der Waals surface area contributed by atoms with E-state index in [1.807, 2.05) is 32.3 Å². The maximum Gasteiger partial charge on any atom is 0.216 e. The Morgan fingerprint density at radius 2 is 1.86 bits per heavy atom. The Bertz CT molecular complexity index is 705. The normalized spacial score (nSPS) is 11.8. The highest BCUT2D eigenvalue weighted by Crippen LogP contribution is 2.09. The third-order valence-corrected chi connectivity index (χ3v) is 4.51. The number of hydrogen-bond acceptors (Lipinski definition) is 4. The van der Waals surface area contributed by atoms with E-state index in [1.54, 1.807) is 16.8 Å². The first-order chi connectivity index (χ1) is 9.89. The summed E-state index contributed by atoms with van der Waals surface area (Å²) in [5.41, 5.74) is 8.94. The Morgan fingerprint density at radius 1 is 1.24 bits per heavy atom. The van der Waals surface area contributed by atoms with Crippen LogP contribution in [0.15, 0.2) is 30.5 Å². The molecule has 3 N–H and O–H groups in total. The highest BCUT2D eigenvalue weighted by Gasteiger charge is 2.13. The van der Waals surface area contributed by atoms with Crippen molar-refractivity contribution in [2.24, 2.45) is 12.8 Å². The summed E-state index contributed by atoms with van der Waals surface area (Å²) in [6.45, 7) is 2.56. The zero-order valence-corrected chi connectivity index (χ0v) is 13.0. The van der Waals surface area contributed by atoms with Crippen molar-refractivity contribution < 1.29 is 8.42 Å². The molecule has 21 heavy (non-hydrogen) atoms. The van der Waals surface area contributed by atoms with Crippen LogP contribution in [0.4, 0.5) is 0 Å². The largest absolute Gasteiger partial charge is 0.326 e. The summed E-state index contributed by atoms with van der Waals surface area (Å²) in [4.78, 5) is 0. The van der Waals surface area contributed by atoms with E-state index in [9.17, 15) is 8.42 Å². The number of nitrogens with one attached hydrogen (secondary N) is 1. The lowest BCUT2D eigenvalue weighted by molar-refractivity contribution is 0.580. The minimum atomic E-state index is -3.38. The lowest BCUT2D eigenvalue weighted by Crippen LogP contribution is -2.24. The van der Waals surface area contributed by atoms with Gasteiger partial charge in [-0.3, -0.25) is 4.68 Å². The van der Waals surface area contributed by atoms with Crippen LogP contribution < -0.4 is 10.5 Å². The second-order valence-electron chi connectivity index (χ2n) is 5.01. The van der Waals surface area contributed by atoms with Crippen molar-refractivity contribution >= 4 is 10.0 Å². The first-order valence-electron chi connectivity index (χ1n) is 6.64. The summed E-state index contributed by atoms with van der Waals surface area (Å²) >= 11 is 0. The molecule has 0 saturated heterocycles. The molecule has 0 spiro atoms. The molecule has 0 aliphatic rings. The fraction of sp³-hybridized carbons (Fsp3) is 0.357. The third kappa shape index (κ3) is 4.38. The average Bonchev–Trinajstić information content (AvgIpc) is 2.75. The first-order valence-corrected chi connectivity index (χ1v) is 8.29. The minimum Gasteiger partial charge on any atom is -0.326 e. The number of nitrogens with two attached hydrogens (primary N) is 1. The molecule has 0 amide bonds. The van der Waals surface area contributed by atoms with Crippen LogP contribution in [-0.4, -0.2) is 18.2 Å². The van der Waals surface area contributed by atoms with Gasteiger partial charge in [0.25, 0.3) is 0 Å². The molecule has 0 radical (unpaired) electrons. The molecule has 114 valence electrons. The van der Waals surface area contributed by atoms with Gasteiger partial charge in [0.15, 0.2) is 0 Å². The molecule has 0 fully saturated rings. The van der Waals surface area contributed by atoms with Gasteiger partial charge in [0.2, 0.25) is 10.0 Å². The van der Waals surface area contributed by atoms with Crippen molar-refractivity contribution in [2.75, 3.05) is 0 Å². The number of aryl methyl sites for hydroxylation is 2. The highest BCUT2D eigenvalue weighted by molar-refractivity contribution is 7.88. The number of nitrogens with zero attached hydrogens (tertiary/aromatic N) is 2. The lowest BCUT2D eigenvalue weighted by Gasteiger charge is -2.07. The van der Waals surface area contributed by atoms with Crippen molar-refractivity contribution in [2.45, 2.75) is 25.8 Å². The smallest absolute Gasteiger partial charge is 0.216 e. The van der Waals surface area contributed by atoms with Crippen molar-refractivity contribution in [1.29, 1.82) is 0 Å². The van der Waals surface area contributed by atoms with E-state index in [2.05, 4.69) is 9.82 Å². The highest BCUT2D eigenvalue weighted by atomic mass is 32.2. The van der Waals surface area contributed by atoms with Gasteiger partial charge >= 0.3 is 0 Å². The maximum absolute atomic E-state index is 12.1. The second-order valence-corrected chi connectivity index (χ2v) is 6.82. The van der Waals surface area contributed by atoms with Crippen LogP contribution in [0.1, 0.15) is 22.4 Å². The predicted octanol–water partition coefficient (Wildman–Crippen LogP) is 0.807. The van der Waals surface area contributed by atoms with Crippen molar-refractivity contribution in [3.05, 3.63) is 52.8 Å². The van der Waals surface area contributed by atoms with Crippen LogP contribution >= 0.6 is 0 Å². The molecule has 0 aliphatic carbocycles. The van der Waals surface area contributed by atoms with Crippen LogP contribution in [0.25, 0.3) is 0 Å². The first kappa shape index (κ1) is 15.7. The Balaban J connectivity index is 1.99. The monoisotopic (exact) mass is 308 g/mol. The van der Waals surface area contributed by atoms with Crippen LogP contribution in [0.5, 0.6) is 0 Å². The quantitative estimate of drug-likeness (QED) is 0.826. The lowest BCUT2D eigenvalue weighted by atomic mass is 10.1. The fourth-order valence-electron chi connectivity index (χ4n) is 2.05. The van der Waals surface area contributed by atoms with Crippen molar-refractivity contribution in [3.8, 4) is 0 Å². The summed E-state index contributed by atoms with van der Waals surface area (Å²) in [6, 6.07) is 7.26. The van der Waals surface area contributed by atoms with Crippen LogP contribution in [0.3, 0.4) is 0 Å². The molecule has 0 atom stereocenters. The number of sulfonamides is 1. The molecule has 7 heteroatoms. The molecule has 1 aromatic carbocycles. The Kier molecular flexibility index (Phi) is 4.76. The summed E-state index contributed by atoms with van der Waals surface area (Å²) in [7, 11) is -1.57. The summed E-state index contributed by atoms with van der Waals surface area (Å²) < 4.78 is 28.4. The predicted molar refractivity (Wildman–Crippen MR) is 81.7 cm³/mol. The Morgan fingerprint density at radius 3 is 2.38 bits per heavy atom. The maximum atomic E-state index is 12.1. The number of hydrogen-bond donors (Lipinski definition) is 2. The SMILES string of the molecule is Cc1nn(C)cc1CNS(=O)(=O)Cc1ccc(CN)cc1. The second kappa shape index (κ2) is 6.38. The van der Waals surface area contributed by atoms with Gasteiger partial charge in [-0.2, -0.15) is 5.10 Å². The molecule has 2 rings (SSSR count). The molecule has 0 bridgehead atoms. The molecule has 1 aromatic heterocycles. The number of benzene rings is 1. The zero-order valence-electron chi connectivity index (χ0n) is 12.2. The van der Waals surface area contributed by atoms with Gasteiger partial charge in [-0.15, -0.1) is 0 Å². The molecule has 6 nitrogen and oxygen atoms in total. The van der Waals surface area contributed by atoms with Crippen LogP contribution in [-0.2, 0) is 35.9 Å². The standard InChI is InChI=1S/C14H20N4O2S/c1-11-14(9-18(2)17-11)8-16-21(19,20)10-13-5-3-12(7-15)4-6-13/h3-6,9,16H,7-8,10,15H2,1-2H3.